The van der Waals surface area contributed by atoms with E-state index in [1.165, 1.54) is 11.8 Å². The molecule has 2 N–H and O–H groups in total. The first-order chi connectivity index (χ1) is 12.2. The number of carbonyl (C=O) groups excluding carboxylic acids is 1. The van der Waals surface area contributed by atoms with Crippen LogP contribution in [0.5, 0.6) is 11.5 Å². The molecule has 1 unspecified atom stereocenters. The normalized spacial score (nSPS) is 14.3. The number of aromatic amines is 1. The van der Waals surface area contributed by atoms with Gasteiger partial charge in [-0.05, 0) is 31.2 Å². The smallest absolute Gasteiger partial charge is 0.237 e. The van der Waals surface area contributed by atoms with Crippen LogP contribution in [0.15, 0.2) is 47.6 Å². The molecule has 7 heteroatoms. The fourth-order valence-corrected chi connectivity index (χ4v) is 3.39. The lowest BCUT2D eigenvalue weighted by atomic mass is 10.2. The van der Waals surface area contributed by atoms with Gasteiger partial charge in [0.15, 0.2) is 16.7 Å². The quantitative estimate of drug-likeness (QED) is 0.701. The van der Waals surface area contributed by atoms with E-state index < -0.39 is 0 Å². The van der Waals surface area contributed by atoms with Gasteiger partial charge in [-0.25, -0.2) is 4.98 Å². The Morgan fingerprint density at radius 3 is 2.84 bits per heavy atom. The number of imidazole rings is 1. The third-order valence-corrected chi connectivity index (χ3v) is 4.82. The predicted molar refractivity (Wildman–Crippen MR) is 97.5 cm³/mol. The highest BCUT2D eigenvalue weighted by atomic mass is 32.2. The zero-order valence-corrected chi connectivity index (χ0v) is 14.4. The fraction of sp³-hybridized carbons (Fsp3) is 0.222. The van der Waals surface area contributed by atoms with E-state index >= 15 is 0 Å². The van der Waals surface area contributed by atoms with Gasteiger partial charge in [-0.3, -0.25) is 4.79 Å². The van der Waals surface area contributed by atoms with Gasteiger partial charge in [0.25, 0.3) is 0 Å². The molecule has 0 saturated carbocycles. The van der Waals surface area contributed by atoms with Crippen molar-refractivity contribution in [1.82, 2.24) is 9.97 Å². The molecule has 0 fully saturated rings. The number of rotatable bonds is 4. The Balaban J connectivity index is 1.43. The van der Waals surface area contributed by atoms with Crippen molar-refractivity contribution in [3.05, 3.63) is 42.5 Å². The van der Waals surface area contributed by atoms with Crippen molar-refractivity contribution in [2.45, 2.75) is 17.3 Å². The Morgan fingerprint density at radius 2 is 2.00 bits per heavy atom. The summed E-state index contributed by atoms with van der Waals surface area (Å²) >= 11 is 1.39. The highest BCUT2D eigenvalue weighted by Gasteiger charge is 2.18. The van der Waals surface area contributed by atoms with E-state index in [-0.39, 0.29) is 11.2 Å². The monoisotopic (exact) mass is 355 g/mol. The highest BCUT2D eigenvalue weighted by molar-refractivity contribution is 8.00. The van der Waals surface area contributed by atoms with Crippen LogP contribution in [0.4, 0.5) is 5.69 Å². The molecule has 0 spiro atoms. The summed E-state index contributed by atoms with van der Waals surface area (Å²) in [5, 5.41) is 3.34. The zero-order valence-electron chi connectivity index (χ0n) is 13.6. The molecule has 1 aliphatic heterocycles. The Bertz CT molecular complexity index is 892. The Hall–Kier alpha value is -2.67. The van der Waals surface area contributed by atoms with Gasteiger partial charge in [-0.2, -0.15) is 0 Å². The van der Waals surface area contributed by atoms with Crippen LogP contribution in [-0.4, -0.2) is 34.3 Å². The number of benzene rings is 2. The van der Waals surface area contributed by atoms with Crippen molar-refractivity contribution in [2.75, 3.05) is 18.5 Å². The van der Waals surface area contributed by atoms with Gasteiger partial charge >= 0.3 is 0 Å². The van der Waals surface area contributed by atoms with Gasteiger partial charge in [-0.15, -0.1) is 0 Å². The molecule has 25 heavy (non-hydrogen) atoms. The van der Waals surface area contributed by atoms with Gasteiger partial charge in [-0.1, -0.05) is 23.9 Å². The summed E-state index contributed by atoms with van der Waals surface area (Å²) in [5.41, 5.74) is 2.54. The minimum atomic E-state index is -0.297. The minimum absolute atomic E-state index is 0.0952. The number of nitrogens with one attached hydrogen (secondary N) is 2. The zero-order chi connectivity index (χ0) is 17.2. The van der Waals surface area contributed by atoms with Gasteiger partial charge in [0.05, 0.1) is 16.3 Å². The summed E-state index contributed by atoms with van der Waals surface area (Å²) < 4.78 is 11.0. The first-order valence-corrected chi connectivity index (χ1v) is 8.89. The number of nitrogens with zero attached hydrogens (tertiary/aromatic N) is 1. The fourth-order valence-electron chi connectivity index (χ4n) is 2.57. The van der Waals surface area contributed by atoms with E-state index in [1.54, 1.807) is 12.1 Å². The summed E-state index contributed by atoms with van der Waals surface area (Å²) in [4.78, 5) is 20.2. The molecule has 0 saturated heterocycles. The van der Waals surface area contributed by atoms with Crippen LogP contribution in [-0.2, 0) is 4.79 Å². The topological polar surface area (TPSA) is 76.2 Å². The number of aromatic nitrogens is 2. The maximum atomic E-state index is 12.5. The molecule has 1 aromatic heterocycles. The summed E-state index contributed by atoms with van der Waals surface area (Å²) in [5.74, 6) is 1.26. The lowest BCUT2D eigenvalue weighted by Gasteiger charge is -2.19. The molecule has 6 nitrogen and oxygen atoms in total. The molecule has 1 amide bonds. The lowest BCUT2D eigenvalue weighted by molar-refractivity contribution is -0.115. The number of ether oxygens (including phenoxy) is 2. The molecule has 128 valence electrons. The molecule has 4 rings (SSSR count). The van der Waals surface area contributed by atoms with E-state index in [4.69, 9.17) is 9.47 Å². The maximum absolute atomic E-state index is 12.5. The standard InChI is InChI=1S/C18H17N3O3S/c1-11(25-18-20-13-4-2-3-5-14(13)21-18)17(22)19-12-6-7-15-16(10-12)24-9-8-23-15/h2-7,10-11H,8-9H2,1H3,(H,19,22)(H,20,21). The predicted octanol–water partition coefficient (Wildman–Crippen LogP) is 3.45. The van der Waals surface area contributed by atoms with Crippen molar-refractivity contribution < 1.29 is 14.3 Å². The van der Waals surface area contributed by atoms with Crippen molar-refractivity contribution in [3.8, 4) is 11.5 Å². The number of thioether (sulfide) groups is 1. The van der Waals surface area contributed by atoms with Crippen LogP contribution < -0.4 is 14.8 Å². The summed E-state index contributed by atoms with van der Waals surface area (Å²) in [6.07, 6.45) is 0. The number of hydrogen-bond donors (Lipinski definition) is 2. The van der Waals surface area contributed by atoms with Gasteiger partial charge < -0.3 is 19.8 Å². The number of fused-ring (bicyclic) bond motifs is 2. The first-order valence-electron chi connectivity index (χ1n) is 8.01. The average Bonchev–Trinajstić information content (AvgIpc) is 3.03. The first kappa shape index (κ1) is 15.8. The Kier molecular flexibility index (Phi) is 4.23. The second kappa shape index (κ2) is 6.68. The molecular formula is C18H17N3O3S. The van der Waals surface area contributed by atoms with Crippen LogP contribution in [0.3, 0.4) is 0 Å². The third kappa shape index (κ3) is 3.41. The molecule has 2 heterocycles. The largest absolute Gasteiger partial charge is 0.486 e. The van der Waals surface area contributed by atoms with Crippen LogP contribution in [0.1, 0.15) is 6.92 Å². The number of amides is 1. The molecule has 3 aromatic rings. The lowest BCUT2D eigenvalue weighted by Crippen LogP contribution is -2.23. The molecule has 0 radical (unpaired) electrons. The van der Waals surface area contributed by atoms with E-state index in [0.29, 0.717) is 30.4 Å². The number of carbonyl (C=O) groups is 1. The SMILES string of the molecule is CC(Sc1nc2ccccc2[nH]1)C(=O)Nc1ccc2c(c1)OCCO2. The van der Waals surface area contributed by atoms with Crippen LogP contribution in [0.25, 0.3) is 11.0 Å². The molecule has 0 bridgehead atoms. The number of H-pyrrole nitrogens is 1. The van der Waals surface area contributed by atoms with Crippen molar-refractivity contribution >= 4 is 34.4 Å². The third-order valence-electron chi connectivity index (χ3n) is 3.83. The Morgan fingerprint density at radius 1 is 1.20 bits per heavy atom. The van der Waals surface area contributed by atoms with E-state index in [2.05, 4.69) is 15.3 Å². The summed E-state index contributed by atoms with van der Waals surface area (Å²) in [6, 6.07) is 13.2. The van der Waals surface area contributed by atoms with E-state index in [9.17, 15) is 4.79 Å². The van der Waals surface area contributed by atoms with Crippen molar-refractivity contribution in [1.29, 1.82) is 0 Å². The maximum Gasteiger partial charge on any atom is 0.237 e. The Labute approximate surface area is 148 Å². The minimum Gasteiger partial charge on any atom is -0.486 e. The molecule has 0 aliphatic carbocycles. The number of anilines is 1. The summed E-state index contributed by atoms with van der Waals surface area (Å²) in [7, 11) is 0. The second-order valence-corrected chi connectivity index (χ2v) is 7.00. The second-order valence-electron chi connectivity index (χ2n) is 5.67. The van der Waals surface area contributed by atoms with Crippen molar-refractivity contribution in [2.24, 2.45) is 0 Å². The van der Waals surface area contributed by atoms with Crippen LogP contribution in [0.2, 0.25) is 0 Å². The number of para-hydroxylation sites is 2. The van der Waals surface area contributed by atoms with Crippen molar-refractivity contribution in [3.63, 3.8) is 0 Å². The van der Waals surface area contributed by atoms with E-state index in [0.717, 1.165) is 16.2 Å². The van der Waals surface area contributed by atoms with Crippen LogP contribution >= 0.6 is 11.8 Å². The van der Waals surface area contributed by atoms with E-state index in [1.807, 2.05) is 37.3 Å². The van der Waals surface area contributed by atoms with Gasteiger partial charge in [0, 0.05) is 11.8 Å². The van der Waals surface area contributed by atoms with Crippen LogP contribution in [0, 0.1) is 0 Å². The molecule has 1 aliphatic rings. The number of hydrogen-bond acceptors (Lipinski definition) is 5. The highest BCUT2D eigenvalue weighted by Crippen LogP contribution is 2.33. The van der Waals surface area contributed by atoms with Gasteiger partial charge in [0.2, 0.25) is 5.91 Å². The molecule has 1 atom stereocenters. The average molecular weight is 355 g/mol. The molecular weight excluding hydrogens is 338 g/mol. The molecule has 2 aromatic carbocycles. The summed E-state index contributed by atoms with van der Waals surface area (Å²) in [6.45, 7) is 2.91. The van der Waals surface area contributed by atoms with Gasteiger partial charge in [0.1, 0.15) is 13.2 Å².